The summed E-state index contributed by atoms with van der Waals surface area (Å²) >= 11 is 0. The van der Waals surface area contributed by atoms with E-state index in [4.69, 9.17) is 4.74 Å². The average Bonchev–Trinajstić information content (AvgIpc) is 2.35. The highest BCUT2D eigenvalue weighted by Gasteiger charge is 2.25. The third-order valence-corrected chi connectivity index (χ3v) is 2.83. The van der Waals surface area contributed by atoms with E-state index in [1.54, 1.807) is 0 Å². The summed E-state index contributed by atoms with van der Waals surface area (Å²) in [6.07, 6.45) is 0.0904. The molecule has 1 heterocycles. The van der Waals surface area contributed by atoms with Crippen molar-refractivity contribution in [3.8, 4) is 0 Å². The number of cyclic esters (lactones) is 1. The molecule has 1 aromatic rings. The molecule has 0 bridgehead atoms. The average molecular weight is 248 g/mol. The lowest BCUT2D eigenvalue weighted by molar-refractivity contribution is -0.150. The minimum absolute atomic E-state index is 0.0904. The van der Waals surface area contributed by atoms with E-state index in [1.807, 2.05) is 31.2 Å². The van der Waals surface area contributed by atoms with Crippen LogP contribution >= 0.6 is 0 Å². The van der Waals surface area contributed by atoms with Crippen LogP contribution < -0.4 is 10.6 Å². The van der Waals surface area contributed by atoms with Crippen LogP contribution in [0.1, 0.15) is 12.0 Å². The Hall–Kier alpha value is -1.88. The molecule has 1 aliphatic rings. The molecule has 0 radical (unpaired) electrons. The van der Waals surface area contributed by atoms with Crippen molar-refractivity contribution >= 4 is 17.6 Å². The van der Waals surface area contributed by atoms with Crippen LogP contribution in [0.4, 0.5) is 5.69 Å². The highest BCUT2D eigenvalue weighted by atomic mass is 16.5. The van der Waals surface area contributed by atoms with E-state index in [0.717, 1.165) is 11.3 Å². The molecular weight excluding hydrogens is 232 g/mol. The second-order valence-corrected chi connectivity index (χ2v) is 4.24. The number of hydrogen-bond donors (Lipinski definition) is 2. The zero-order valence-corrected chi connectivity index (χ0v) is 10.2. The first-order valence-corrected chi connectivity index (χ1v) is 5.92. The normalized spacial score (nSPS) is 19.2. The highest BCUT2D eigenvalue weighted by Crippen LogP contribution is 2.14. The van der Waals surface area contributed by atoms with Crippen LogP contribution in [-0.4, -0.2) is 31.1 Å². The van der Waals surface area contributed by atoms with E-state index in [0.29, 0.717) is 13.2 Å². The number of nitrogens with one attached hydrogen (secondary N) is 2. The molecule has 0 aliphatic carbocycles. The molecule has 1 aromatic carbocycles. The Labute approximate surface area is 106 Å². The first-order valence-electron chi connectivity index (χ1n) is 5.92. The number of esters is 1. The monoisotopic (exact) mass is 248 g/mol. The molecule has 0 unspecified atom stereocenters. The van der Waals surface area contributed by atoms with Gasteiger partial charge in [0.15, 0.2) is 0 Å². The van der Waals surface area contributed by atoms with E-state index in [2.05, 4.69) is 10.6 Å². The number of carbonyl (C=O) groups is 2. The molecule has 1 saturated heterocycles. The van der Waals surface area contributed by atoms with Crippen molar-refractivity contribution in [1.82, 2.24) is 5.32 Å². The Morgan fingerprint density at radius 1 is 1.50 bits per heavy atom. The molecule has 96 valence electrons. The van der Waals surface area contributed by atoms with Gasteiger partial charge >= 0.3 is 5.97 Å². The lowest BCUT2D eigenvalue weighted by Crippen LogP contribution is -2.47. The van der Waals surface area contributed by atoms with Gasteiger partial charge < -0.3 is 15.4 Å². The van der Waals surface area contributed by atoms with Crippen molar-refractivity contribution in [3.05, 3.63) is 29.8 Å². The number of carbonyl (C=O) groups excluding carboxylic acids is 2. The summed E-state index contributed by atoms with van der Waals surface area (Å²) in [5.74, 6) is -0.554. The molecule has 1 amide bonds. The number of benzene rings is 1. The number of ether oxygens (including phenoxy) is 1. The Kier molecular flexibility index (Phi) is 3.94. The number of para-hydroxylation sites is 1. The number of rotatable bonds is 3. The van der Waals surface area contributed by atoms with Gasteiger partial charge in [0.1, 0.15) is 12.6 Å². The molecule has 5 heteroatoms. The number of morpholine rings is 1. The molecule has 1 fully saturated rings. The van der Waals surface area contributed by atoms with Crippen LogP contribution in [-0.2, 0) is 14.3 Å². The van der Waals surface area contributed by atoms with Crippen LogP contribution in [0.25, 0.3) is 0 Å². The topological polar surface area (TPSA) is 67.4 Å². The molecular formula is C13H16N2O3. The van der Waals surface area contributed by atoms with Gasteiger partial charge in [0, 0.05) is 12.2 Å². The molecule has 0 aromatic heterocycles. The third kappa shape index (κ3) is 3.07. The van der Waals surface area contributed by atoms with Crippen LogP contribution in [0.15, 0.2) is 24.3 Å². The minimum atomic E-state index is -0.539. The molecule has 1 atom stereocenters. The van der Waals surface area contributed by atoms with E-state index in [1.165, 1.54) is 0 Å². The molecule has 0 saturated carbocycles. The Morgan fingerprint density at radius 3 is 3.00 bits per heavy atom. The van der Waals surface area contributed by atoms with E-state index in [9.17, 15) is 9.59 Å². The predicted molar refractivity (Wildman–Crippen MR) is 67.2 cm³/mol. The fourth-order valence-corrected chi connectivity index (χ4v) is 1.82. The van der Waals surface area contributed by atoms with Crippen molar-refractivity contribution < 1.29 is 14.3 Å². The van der Waals surface area contributed by atoms with Crippen LogP contribution in [0.2, 0.25) is 0 Å². The number of amides is 1. The summed E-state index contributed by atoms with van der Waals surface area (Å²) < 4.78 is 4.88. The quantitative estimate of drug-likeness (QED) is 0.778. The van der Waals surface area contributed by atoms with E-state index in [-0.39, 0.29) is 18.3 Å². The fourth-order valence-electron chi connectivity index (χ4n) is 1.82. The fraction of sp³-hybridized carbons (Fsp3) is 0.385. The van der Waals surface area contributed by atoms with Crippen molar-refractivity contribution in [2.24, 2.45) is 0 Å². The SMILES string of the molecule is Cc1ccccc1NC(=O)C[C@H]1NCCOC1=O. The van der Waals surface area contributed by atoms with Gasteiger partial charge in [-0.1, -0.05) is 18.2 Å². The smallest absolute Gasteiger partial charge is 0.323 e. The van der Waals surface area contributed by atoms with Gasteiger partial charge in [0.25, 0.3) is 0 Å². The van der Waals surface area contributed by atoms with Crippen LogP contribution in [0, 0.1) is 6.92 Å². The largest absolute Gasteiger partial charge is 0.463 e. The number of anilines is 1. The first-order chi connectivity index (χ1) is 8.66. The Balaban J connectivity index is 1.92. The van der Waals surface area contributed by atoms with Gasteiger partial charge in [-0.15, -0.1) is 0 Å². The zero-order chi connectivity index (χ0) is 13.0. The summed E-state index contributed by atoms with van der Waals surface area (Å²) in [7, 11) is 0. The molecule has 2 rings (SSSR count). The Morgan fingerprint density at radius 2 is 2.28 bits per heavy atom. The van der Waals surface area contributed by atoms with Gasteiger partial charge in [-0.3, -0.25) is 9.59 Å². The summed E-state index contributed by atoms with van der Waals surface area (Å²) in [6, 6.07) is 6.98. The predicted octanol–water partition coefficient (Wildman–Crippen LogP) is 0.839. The lowest BCUT2D eigenvalue weighted by atomic mass is 10.1. The van der Waals surface area contributed by atoms with Gasteiger partial charge in [-0.2, -0.15) is 0 Å². The van der Waals surface area contributed by atoms with E-state index >= 15 is 0 Å². The lowest BCUT2D eigenvalue weighted by Gasteiger charge is -2.22. The first kappa shape index (κ1) is 12.6. The summed E-state index contributed by atoms with van der Waals surface area (Å²) in [5, 5.41) is 5.76. The molecule has 0 spiro atoms. The maximum Gasteiger partial charge on any atom is 0.323 e. The van der Waals surface area contributed by atoms with E-state index < -0.39 is 6.04 Å². The summed E-state index contributed by atoms with van der Waals surface area (Å²) in [4.78, 5) is 23.2. The molecule has 5 nitrogen and oxygen atoms in total. The minimum Gasteiger partial charge on any atom is -0.463 e. The number of aryl methyl sites for hydroxylation is 1. The molecule has 18 heavy (non-hydrogen) atoms. The highest BCUT2D eigenvalue weighted by molar-refractivity contribution is 5.94. The molecule has 1 aliphatic heterocycles. The van der Waals surface area contributed by atoms with Crippen molar-refractivity contribution in [1.29, 1.82) is 0 Å². The summed E-state index contributed by atoms with van der Waals surface area (Å²) in [6.45, 7) is 2.88. The van der Waals surface area contributed by atoms with Crippen molar-refractivity contribution in [2.75, 3.05) is 18.5 Å². The van der Waals surface area contributed by atoms with Crippen LogP contribution in [0.5, 0.6) is 0 Å². The van der Waals surface area contributed by atoms with Gasteiger partial charge in [-0.25, -0.2) is 0 Å². The Bertz CT molecular complexity index is 459. The van der Waals surface area contributed by atoms with Gasteiger partial charge in [-0.05, 0) is 18.6 Å². The zero-order valence-electron chi connectivity index (χ0n) is 10.2. The molecule has 2 N–H and O–H groups in total. The maximum atomic E-state index is 11.8. The van der Waals surface area contributed by atoms with Crippen molar-refractivity contribution in [3.63, 3.8) is 0 Å². The standard InChI is InChI=1S/C13H16N2O3/c1-9-4-2-3-5-10(9)15-12(16)8-11-13(17)18-7-6-14-11/h2-5,11,14H,6-8H2,1H3,(H,15,16)/t11-/m1/s1. The maximum absolute atomic E-state index is 11.8. The second kappa shape index (κ2) is 5.64. The van der Waals surface area contributed by atoms with Crippen LogP contribution in [0.3, 0.4) is 0 Å². The second-order valence-electron chi connectivity index (χ2n) is 4.24. The van der Waals surface area contributed by atoms with Gasteiger partial charge in [0.05, 0.1) is 6.42 Å². The summed E-state index contributed by atoms with van der Waals surface area (Å²) in [5.41, 5.74) is 1.76. The van der Waals surface area contributed by atoms with Gasteiger partial charge in [0.2, 0.25) is 5.91 Å². The van der Waals surface area contributed by atoms with Crippen molar-refractivity contribution in [2.45, 2.75) is 19.4 Å². The number of hydrogen-bond acceptors (Lipinski definition) is 4. The third-order valence-electron chi connectivity index (χ3n) is 2.83.